The minimum absolute atomic E-state index is 0.0586. The molecule has 2 nitrogen and oxygen atoms in total. The zero-order chi connectivity index (χ0) is 6.69. The Morgan fingerprint density at radius 3 is 2.78 bits per heavy atom. The molecule has 0 radical (unpaired) electrons. The molecule has 1 unspecified atom stereocenters. The minimum Gasteiger partial charge on any atom is -0.288 e. The molecule has 0 aliphatic carbocycles. The second kappa shape index (κ2) is 2.90. The van der Waals surface area contributed by atoms with E-state index in [1.54, 1.807) is 12.3 Å². The lowest BCUT2D eigenvalue weighted by Crippen LogP contribution is -2.28. The average Bonchev–Trinajstić information content (AvgIpc) is 1.89. The van der Waals surface area contributed by atoms with Gasteiger partial charge in [-0.1, -0.05) is 12.2 Å². The van der Waals surface area contributed by atoms with Gasteiger partial charge in [0.05, 0.1) is 6.04 Å². The monoisotopic (exact) mass is 145 g/mol. The first-order valence-corrected chi connectivity index (χ1v) is 3.26. The molecule has 1 heterocycles. The van der Waals surface area contributed by atoms with E-state index in [-0.39, 0.29) is 6.04 Å². The van der Waals surface area contributed by atoms with Crippen LogP contribution in [-0.4, -0.2) is 22.2 Å². The van der Waals surface area contributed by atoms with E-state index in [1.807, 2.05) is 12.2 Å². The molecule has 0 saturated heterocycles. The molecule has 1 aliphatic rings. The van der Waals surface area contributed by atoms with Gasteiger partial charge in [-0.15, -0.1) is 11.6 Å². The van der Waals surface area contributed by atoms with Crippen molar-refractivity contribution < 1.29 is 5.21 Å². The second-order valence-corrected chi connectivity index (χ2v) is 2.14. The summed E-state index contributed by atoms with van der Waals surface area (Å²) in [4.78, 5) is 0. The quantitative estimate of drug-likeness (QED) is 0.564. The second-order valence-electron chi connectivity index (χ2n) is 1.83. The Hall–Kier alpha value is -0.470. The molecule has 1 rings (SSSR count). The predicted molar refractivity (Wildman–Crippen MR) is 36.4 cm³/mol. The van der Waals surface area contributed by atoms with E-state index in [0.29, 0.717) is 5.88 Å². The van der Waals surface area contributed by atoms with Crippen molar-refractivity contribution in [1.29, 1.82) is 0 Å². The van der Waals surface area contributed by atoms with Gasteiger partial charge in [0.15, 0.2) is 0 Å². The first kappa shape index (κ1) is 6.65. The minimum atomic E-state index is -0.0586. The van der Waals surface area contributed by atoms with Crippen LogP contribution in [0, 0.1) is 0 Å². The molecule has 1 atom stereocenters. The molecular formula is C6H8ClNO. The third-order valence-electron chi connectivity index (χ3n) is 1.18. The van der Waals surface area contributed by atoms with E-state index in [0.717, 1.165) is 5.06 Å². The van der Waals surface area contributed by atoms with Crippen LogP contribution >= 0.6 is 11.6 Å². The smallest absolute Gasteiger partial charge is 0.0874 e. The van der Waals surface area contributed by atoms with Gasteiger partial charge in [0.1, 0.15) is 0 Å². The Bertz CT molecular complexity index is 144. The summed E-state index contributed by atoms with van der Waals surface area (Å²) in [5.74, 6) is 0.414. The maximum Gasteiger partial charge on any atom is 0.0874 e. The zero-order valence-electron chi connectivity index (χ0n) is 4.87. The van der Waals surface area contributed by atoms with Gasteiger partial charge >= 0.3 is 0 Å². The third-order valence-corrected chi connectivity index (χ3v) is 1.50. The molecule has 0 amide bonds. The van der Waals surface area contributed by atoms with E-state index >= 15 is 0 Å². The van der Waals surface area contributed by atoms with Crippen molar-refractivity contribution in [2.24, 2.45) is 0 Å². The first-order valence-electron chi connectivity index (χ1n) is 2.73. The number of alkyl halides is 1. The summed E-state index contributed by atoms with van der Waals surface area (Å²) < 4.78 is 0. The summed E-state index contributed by atoms with van der Waals surface area (Å²) in [6.45, 7) is 0. The lowest BCUT2D eigenvalue weighted by Gasteiger charge is -2.20. The number of allylic oxidation sites excluding steroid dienone is 2. The van der Waals surface area contributed by atoms with Gasteiger partial charge in [0, 0.05) is 12.1 Å². The van der Waals surface area contributed by atoms with Crippen LogP contribution in [0.5, 0.6) is 0 Å². The number of rotatable bonds is 1. The van der Waals surface area contributed by atoms with Gasteiger partial charge in [0.2, 0.25) is 0 Å². The highest BCUT2D eigenvalue weighted by molar-refractivity contribution is 6.18. The van der Waals surface area contributed by atoms with Crippen molar-refractivity contribution in [3.05, 3.63) is 24.4 Å². The Balaban J connectivity index is 2.55. The summed E-state index contributed by atoms with van der Waals surface area (Å²) in [7, 11) is 0. The fraction of sp³-hybridized carbons (Fsp3) is 0.333. The van der Waals surface area contributed by atoms with Gasteiger partial charge in [-0.2, -0.15) is 0 Å². The van der Waals surface area contributed by atoms with Crippen molar-refractivity contribution in [3.63, 3.8) is 0 Å². The van der Waals surface area contributed by atoms with E-state index in [9.17, 15) is 0 Å². The molecule has 50 valence electrons. The van der Waals surface area contributed by atoms with E-state index < -0.39 is 0 Å². The molecule has 0 saturated carbocycles. The molecule has 1 N–H and O–H groups in total. The largest absolute Gasteiger partial charge is 0.288 e. The third kappa shape index (κ3) is 1.47. The fourth-order valence-corrected chi connectivity index (χ4v) is 0.895. The van der Waals surface area contributed by atoms with Crippen LogP contribution in [0.25, 0.3) is 0 Å². The Morgan fingerprint density at radius 1 is 1.56 bits per heavy atom. The predicted octanol–water partition coefficient (Wildman–Crippen LogP) is 1.37. The standard InChI is InChI=1S/C6H8ClNO/c7-5-6-3-1-2-4-8(6)9/h1-4,6,9H,5H2. The SMILES string of the molecule is ON1C=CC=CC1CCl. The topological polar surface area (TPSA) is 23.5 Å². The number of hydroxylamine groups is 2. The molecule has 0 fully saturated rings. The van der Waals surface area contributed by atoms with Crippen molar-refractivity contribution >= 4 is 11.6 Å². The van der Waals surface area contributed by atoms with Gasteiger partial charge in [-0.25, -0.2) is 0 Å². The maximum absolute atomic E-state index is 8.98. The molecule has 0 aromatic rings. The molecule has 9 heavy (non-hydrogen) atoms. The van der Waals surface area contributed by atoms with Crippen molar-refractivity contribution in [2.45, 2.75) is 6.04 Å². The molecule has 0 aromatic carbocycles. The normalized spacial score (nSPS) is 25.1. The van der Waals surface area contributed by atoms with Gasteiger partial charge < -0.3 is 0 Å². The molecule has 0 spiro atoms. The van der Waals surface area contributed by atoms with Crippen molar-refractivity contribution in [1.82, 2.24) is 5.06 Å². The Kier molecular flexibility index (Phi) is 2.14. The summed E-state index contributed by atoms with van der Waals surface area (Å²) >= 11 is 5.49. The summed E-state index contributed by atoms with van der Waals surface area (Å²) in [5.41, 5.74) is 0. The van der Waals surface area contributed by atoms with E-state index in [1.165, 1.54) is 0 Å². The van der Waals surface area contributed by atoms with Gasteiger partial charge in [-0.3, -0.25) is 10.3 Å². The highest BCUT2D eigenvalue weighted by atomic mass is 35.5. The average molecular weight is 146 g/mol. The van der Waals surface area contributed by atoms with Crippen LogP contribution in [-0.2, 0) is 0 Å². The van der Waals surface area contributed by atoms with Gasteiger partial charge in [-0.05, 0) is 6.08 Å². The number of hydrogen-bond donors (Lipinski definition) is 1. The molecule has 3 heteroatoms. The summed E-state index contributed by atoms with van der Waals surface area (Å²) in [6, 6.07) is -0.0586. The van der Waals surface area contributed by atoms with Gasteiger partial charge in [0.25, 0.3) is 0 Å². The lowest BCUT2D eigenvalue weighted by molar-refractivity contribution is -0.0592. The molecular weight excluding hydrogens is 138 g/mol. The zero-order valence-corrected chi connectivity index (χ0v) is 5.62. The van der Waals surface area contributed by atoms with Crippen LogP contribution in [0.4, 0.5) is 0 Å². The van der Waals surface area contributed by atoms with Crippen molar-refractivity contribution in [2.75, 3.05) is 5.88 Å². The number of nitrogens with zero attached hydrogens (tertiary/aromatic N) is 1. The number of hydrogen-bond acceptors (Lipinski definition) is 2. The van der Waals surface area contributed by atoms with Crippen molar-refractivity contribution in [3.8, 4) is 0 Å². The van der Waals surface area contributed by atoms with Crippen LogP contribution in [0.2, 0.25) is 0 Å². The first-order chi connectivity index (χ1) is 4.34. The van der Waals surface area contributed by atoms with Crippen LogP contribution in [0.3, 0.4) is 0 Å². The maximum atomic E-state index is 8.98. The fourth-order valence-electron chi connectivity index (χ4n) is 0.651. The van der Waals surface area contributed by atoms with Crippen LogP contribution in [0.15, 0.2) is 24.4 Å². The molecule has 1 aliphatic heterocycles. The van der Waals surface area contributed by atoms with E-state index in [4.69, 9.17) is 16.8 Å². The highest BCUT2D eigenvalue weighted by Gasteiger charge is 2.09. The Labute approximate surface area is 59.0 Å². The Morgan fingerprint density at radius 2 is 2.33 bits per heavy atom. The molecule has 0 bridgehead atoms. The van der Waals surface area contributed by atoms with Crippen LogP contribution < -0.4 is 0 Å². The van der Waals surface area contributed by atoms with Crippen LogP contribution in [0.1, 0.15) is 0 Å². The molecule has 0 aromatic heterocycles. The highest BCUT2D eigenvalue weighted by Crippen LogP contribution is 2.05. The lowest BCUT2D eigenvalue weighted by atomic mass is 10.2. The number of halogens is 1. The van der Waals surface area contributed by atoms with E-state index in [2.05, 4.69) is 0 Å². The summed E-state index contributed by atoms with van der Waals surface area (Å²) in [6.07, 6.45) is 7.03. The summed E-state index contributed by atoms with van der Waals surface area (Å²) in [5, 5.41) is 10.1.